The number of nitrogens with zero attached hydrogens (tertiary/aromatic N) is 1. The molecular weight excluding hydrogens is 475 g/mol. The summed E-state index contributed by atoms with van der Waals surface area (Å²) in [4.78, 5) is 30.3. The first-order valence-corrected chi connectivity index (χ1v) is 11.1. The van der Waals surface area contributed by atoms with Crippen molar-refractivity contribution < 1.29 is 23.8 Å². The van der Waals surface area contributed by atoms with Crippen molar-refractivity contribution in [2.45, 2.75) is 13.0 Å². The maximum atomic E-state index is 13.1. The highest BCUT2D eigenvalue weighted by atomic mass is 35.5. The first kappa shape index (κ1) is 23.8. The average molecular weight is 495 g/mol. The fourth-order valence-corrected chi connectivity index (χ4v) is 4.05. The van der Waals surface area contributed by atoms with Crippen LogP contribution in [0, 0.1) is 0 Å². The van der Waals surface area contributed by atoms with E-state index < -0.39 is 0 Å². The number of Topliss-reactive ketones (excluding diaryl/α,β-unsaturated/α-hetero) is 1. The number of aromatic nitrogens is 1. The minimum absolute atomic E-state index is 0.0867. The van der Waals surface area contributed by atoms with E-state index in [2.05, 4.69) is 10.3 Å². The van der Waals surface area contributed by atoms with Crippen LogP contribution in [0.5, 0.6) is 17.2 Å². The minimum atomic E-state index is -0.345. The van der Waals surface area contributed by atoms with Crippen molar-refractivity contribution in [2.75, 3.05) is 20.8 Å². The molecule has 3 rings (SSSR count). The Morgan fingerprint density at radius 3 is 2.44 bits per heavy atom. The Hall–Kier alpha value is -2.81. The molecule has 0 unspecified atom stereocenters. The molecule has 1 amide bonds. The number of rotatable bonds is 10. The predicted molar refractivity (Wildman–Crippen MR) is 123 cm³/mol. The van der Waals surface area contributed by atoms with Crippen LogP contribution in [-0.2, 0) is 17.8 Å². The van der Waals surface area contributed by atoms with Gasteiger partial charge in [-0.05, 0) is 23.6 Å². The smallest absolute Gasteiger partial charge is 0.258 e. The van der Waals surface area contributed by atoms with E-state index in [1.165, 1.54) is 38.0 Å². The Kier molecular flexibility index (Phi) is 8.33. The number of benzene rings is 1. The van der Waals surface area contributed by atoms with E-state index in [4.69, 9.17) is 37.4 Å². The van der Waals surface area contributed by atoms with E-state index in [1.54, 1.807) is 12.1 Å². The SMILES string of the molecule is COc1ccc(C(=O)Cc2c(Cl)cncc2Cl)c(OCC(=O)NCc2cccs2)c1OC. The zero-order valence-electron chi connectivity index (χ0n) is 17.3. The third-order valence-corrected chi connectivity index (χ3v) is 6.01. The number of pyridine rings is 1. The Morgan fingerprint density at radius 1 is 1.06 bits per heavy atom. The van der Waals surface area contributed by atoms with Gasteiger partial charge in [-0.15, -0.1) is 11.3 Å². The molecule has 0 atom stereocenters. The first-order valence-electron chi connectivity index (χ1n) is 9.42. The molecule has 1 aromatic carbocycles. The van der Waals surface area contributed by atoms with Gasteiger partial charge in [0.05, 0.1) is 36.4 Å². The van der Waals surface area contributed by atoms with Crippen LogP contribution in [0.4, 0.5) is 0 Å². The van der Waals surface area contributed by atoms with Crippen LogP contribution in [0.3, 0.4) is 0 Å². The average Bonchev–Trinajstić information content (AvgIpc) is 3.31. The molecule has 168 valence electrons. The second-order valence-electron chi connectivity index (χ2n) is 6.50. The van der Waals surface area contributed by atoms with E-state index in [1.807, 2.05) is 17.5 Å². The summed E-state index contributed by atoms with van der Waals surface area (Å²) < 4.78 is 16.5. The number of ketones is 1. The van der Waals surface area contributed by atoms with E-state index >= 15 is 0 Å². The minimum Gasteiger partial charge on any atom is -0.493 e. The molecule has 0 aliphatic rings. The summed E-state index contributed by atoms with van der Waals surface area (Å²) in [6.07, 6.45) is 2.75. The summed E-state index contributed by atoms with van der Waals surface area (Å²) in [5.41, 5.74) is 0.653. The lowest BCUT2D eigenvalue weighted by atomic mass is 10.0. The van der Waals surface area contributed by atoms with Crippen molar-refractivity contribution in [3.8, 4) is 17.2 Å². The van der Waals surface area contributed by atoms with Crippen LogP contribution in [0.15, 0.2) is 42.0 Å². The summed E-state index contributed by atoms with van der Waals surface area (Å²) in [7, 11) is 2.89. The van der Waals surface area contributed by atoms with Crippen LogP contribution in [-0.4, -0.2) is 37.5 Å². The quantitative estimate of drug-likeness (QED) is 0.414. The van der Waals surface area contributed by atoms with E-state index in [9.17, 15) is 9.59 Å². The van der Waals surface area contributed by atoms with Gasteiger partial charge in [0.2, 0.25) is 5.75 Å². The molecule has 7 nitrogen and oxygen atoms in total. The molecule has 0 saturated carbocycles. The van der Waals surface area contributed by atoms with E-state index in [0.717, 1.165) is 4.88 Å². The third-order valence-electron chi connectivity index (χ3n) is 4.48. The molecule has 2 heterocycles. The molecule has 0 aliphatic carbocycles. The number of nitrogens with one attached hydrogen (secondary N) is 1. The third kappa shape index (κ3) is 5.70. The molecule has 1 N–H and O–H groups in total. The van der Waals surface area contributed by atoms with Gasteiger partial charge < -0.3 is 19.5 Å². The number of carbonyl (C=O) groups is 2. The van der Waals surface area contributed by atoms with Crippen LogP contribution >= 0.6 is 34.5 Å². The molecular formula is C22H20Cl2N2O5S. The van der Waals surface area contributed by atoms with Crippen molar-refractivity contribution in [1.82, 2.24) is 10.3 Å². The van der Waals surface area contributed by atoms with Gasteiger partial charge in [-0.3, -0.25) is 14.6 Å². The summed E-state index contributed by atoms with van der Waals surface area (Å²) in [5.74, 6) is -0.00406. The fourth-order valence-electron chi connectivity index (χ4n) is 2.91. The number of hydrogen-bond acceptors (Lipinski definition) is 7. The van der Waals surface area contributed by atoms with Crippen LogP contribution in [0.2, 0.25) is 10.0 Å². The number of methoxy groups -OCH3 is 2. The second kappa shape index (κ2) is 11.2. The van der Waals surface area contributed by atoms with Crippen molar-refractivity contribution in [3.05, 3.63) is 68.1 Å². The molecule has 2 aromatic heterocycles. The topological polar surface area (TPSA) is 86.8 Å². The van der Waals surface area contributed by atoms with Crippen molar-refractivity contribution in [3.63, 3.8) is 0 Å². The van der Waals surface area contributed by atoms with Gasteiger partial charge in [-0.25, -0.2) is 0 Å². The lowest BCUT2D eigenvalue weighted by Gasteiger charge is -2.17. The second-order valence-corrected chi connectivity index (χ2v) is 8.35. The molecule has 3 aromatic rings. The summed E-state index contributed by atoms with van der Waals surface area (Å²) in [6.45, 7) is 0.0753. The van der Waals surface area contributed by atoms with Crippen molar-refractivity contribution >= 4 is 46.2 Å². The van der Waals surface area contributed by atoms with Gasteiger partial charge in [-0.2, -0.15) is 0 Å². The molecule has 0 spiro atoms. The van der Waals surface area contributed by atoms with Crippen LogP contribution in [0.25, 0.3) is 0 Å². The lowest BCUT2D eigenvalue weighted by Crippen LogP contribution is -2.28. The highest BCUT2D eigenvalue weighted by molar-refractivity contribution is 7.09. The molecule has 10 heteroatoms. The molecule has 0 saturated heterocycles. The fraction of sp³-hybridized carbons (Fsp3) is 0.227. The number of ether oxygens (including phenoxy) is 3. The summed E-state index contributed by atoms with van der Waals surface area (Å²) in [6, 6.07) is 6.96. The normalized spacial score (nSPS) is 10.5. The Bertz CT molecular complexity index is 1090. The Morgan fingerprint density at radius 2 is 1.81 bits per heavy atom. The highest BCUT2D eigenvalue weighted by Gasteiger charge is 2.23. The van der Waals surface area contributed by atoms with Crippen LogP contribution in [0.1, 0.15) is 20.8 Å². The number of thiophene rings is 1. The maximum Gasteiger partial charge on any atom is 0.258 e. The molecule has 32 heavy (non-hydrogen) atoms. The van der Waals surface area contributed by atoms with Gasteiger partial charge in [0.1, 0.15) is 0 Å². The number of carbonyl (C=O) groups excluding carboxylic acids is 2. The summed E-state index contributed by atoms with van der Waals surface area (Å²) >= 11 is 13.9. The number of amides is 1. The molecule has 0 radical (unpaired) electrons. The molecule has 0 fully saturated rings. The Labute approximate surface area is 199 Å². The summed E-state index contributed by atoms with van der Waals surface area (Å²) in [5, 5.41) is 5.26. The Balaban J connectivity index is 1.82. The largest absolute Gasteiger partial charge is 0.493 e. The standard InChI is InChI=1S/C22H20Cl2N2O5S/c1-29-19-6-5-14(18(27)8-15-16(23)10-25-11-17(15)24)21(22(19)30-2)31-12-20(28)26-9-13-4-3-7-32-13/h3-7,10-11H,8-9,12H2,1-2H3,(H,26,28). The van der Waals surface area contributed by atoms with Crippen molar-refractivity contribution in [2.24, 2.45) is 0 Å². The number of hydrogen-bond donors (Lipinski definition) is 1. The van der Waals surface area contributed by atoms with Gasteiger partial charge in [-0.1, -0.05) is 29.3 Å². The van der Waals surface area contributed by atoms with Crippen molar-refractivity contribution in [1.29, 1.82) is 0 Å². The van der Waals surface area contributed by atoms with Gasteiger partial charge in [0.15, 0.2) is 23.9 Å². The van der Waals surface area contributed by atoms with E-state index in [0.29, 0.717) is 17.9 Å². The van der Waals surface area contributed by atoms with Crippen LogP contribution < -0.4 is 19.5 Å². The molecule has 0 aliphatic heterocycles. The maximum absolute atomic E-state index is 13.1. The number of halogens is 2. The van der Waals surface area contributed by atoms with E-state index in [-0.39, 0.29) is 51.8 Å². The lowest BCUT2D eigenvalue weighted by molar-refractivity contribution is -0.123. The zero-order chi connectivity index (χ0) is 23.1. The predicted octanol–water partition coefficient (Wildman–Crippen LogP) is 4.59. The zero-order valence-corrected chi connectivity index (χ0v) is 19.6. The van der Waals surface area contributed by atoms with Gasteiger partial charge >= 0.3 is 0 Å². The molecule has 0 bridgehead atoms. The monoisotopic (exact) mass is 494 g/mol. The highest BCUT2D eigenvalue weighted by Crippen LogP contribution is 2.40. The first-order chi connectivity index (χ1) is 15.4. The van der Waals surface area contributed by atoms with Gasteiger partial charge in [0.25, 0.3) is 5.91 Å². The van der Waals surface area contributed by atoms with Gasteiger partial charge in [0, 0.05) is 29.3 Å².